The molecule has 1 atom stereocenters. The molecule has 104 valence electrons. The maximum Gasteiger partial charge on any atom is 0.303 e. The van der Waals surface area contributed by atoms with E-state index in [4.69, 9.17) is 5.11 Å². The van der Waals surface area contributed by atoms with E-state index in [-0.39, 0.29) is 24.3 Å². The van der Waals surface area contributed by atoms with Crippen molar-refractivity contribution in [2.45, 2.75) is 39.7 Å². The topological polar surface area (TPSA) is 69.6 Å². The predicted molar refractivity (Wildman–Crippen MR) is 69.2 cm³/mol. The maximum atomic E-state index is 11.8. The number of carbonyl (C=O) groups is 2. The van der Waals surface area contributed by atoms with Crippen molar-refractivity contribution in [2.24, 2.45) is 11.8 Å². The molecular formula is C13H24N2O3. The van der Waals surface area contributed by atoms with Gasteiger partial charge in [0.15, 0.2) is 0 Å². The number of hydrogen-bond acceptors (Lipinski definition) is 3. The van der Waals surface area contributed by atoms with E-state index in [9.17, 15) is 9.59 Å². The molecule has 0 aromatic heterocycles. The van der Waals surface area contributed by atoms with E-state index in [1.807, 2.05) is 11.8 Å². The molecule has 1 heterocycles. The quantitative estimate of drug-likeness (QED) is 0.711. The molecule has 1 fully saturated rings. The van der Waals surface area contributed by atoms with Crippen LogP contribution in [0, 0.1) is 11.8 Å². The van der Waals surface area contributed by atoms with Gasteiger partial charge in [-0.25, -0.2) is 0 Å². The van der Waals surface area contributed by atoms with Crippen LogP contribution in [0.15, 0.2) is 0 Å². The Bertz CT molecular complexity index is 299. The summed E-state index contributed by atoms with van der Waals surface area (Å²) < 4.78 is 0. The van der Waals surface area contributed by atoms with Gasteiger partial charge in [0.25, 0.3) is 0 Å². The second kappa shape index (κ2) is 6.73. The average Bonchev–Trinajstić information content (AvgIpc) is 2.20. The Morgan fingerprint density at radius 2 is 1.94 bits per heavy atom. The fraction of sp³-hybridized carbons (Fsp3) is 0.846. The minimum absolute atomic E-state index is 0.0458. The Hall–Kier alpha value is -1.10. The molecule has 1 aliphatic rings. The Morgan fingerprint density at radius 1 is 1.33 bits per heavy atom. The van der Waals surface area contributed by atoms with Gasteiger partial charge in [-0.2, -0.15) is 0 Å². The number of nitrogens with zero attached hydrogens (tertiary/aromatic N) is 1. The highest BCUT2D eigenvalue weighted by Gasteiger charge is 2.34. The molecule has 5 heteroatoms. The lowest BCUT2D eigenvalue weighted by molar-refractivity contribution is -0.140. The SMILES string of the molecule is CC(C)CCNC(=O)C(C)N1CC(CC(=O)O)C1. The smallest absolute Gasteiger partial charge is 0.303 e. The van der Waals surface area contributed by atoms with E-state index < -0.39 is 5.97 Å². The van der Waals surface area contributed by atoms with E-state index in [0.717, 1.165) is 6.42 Å². The number of carboxylic acid groups (broad SMARTS) is 1. The molecule has 1 rings (SSSR count). The lowest BCUT2D eigenvalue weighted by atomic mass is 9.94. The number of aliphatic carboxylic acids is 1. The number of nitrogens with one attached hydrogen (secondary N) is 1. The van der Waals surface area contributed by atoms with Crippen LogP contribution in [0.1, 0.15) is 33.6 Å². The lowest BCUT2D eigenvalue weighted by Gasteiger charge is -2.41. The van der Waals surface area contributed by atoms with Crippen LogP contribution in [-0.2, 0) is 9.59 Å². The number of hydrogen-bond donors (Lipinski definition) is 2. The molecule has 0 radical (unpaired) electrons. The molecule has 1 saturated heterocycles. The molecule has 0 aromatic rings. The summed E-state index contributed by atoms with van der Waals surface area (Å²) in [5.74, 6) is 0.0797. The first-order valence-corrected chi connectivity index (χ1v) is 6.63. The first kappa shape index (κ1) is 15.0. The molecule has 0 aliphatic carbocycles. The van der Waals surface area contributed by atoms with Gasteiger partial charge in [-0.1, -0.05) is 13.8 Å². The molecule has 1 aliphatic heterocycles. The van der Waals surface area contributed by atoms with Crippen molar-refractivity contribution >= 4 is 11.9 Å². The van der Waals surface area contributed by atoms with Crippen LogP contribution >= 0.6 is 0 Å². The van der Waals surface area contributed by atoms with Gasteiger partial charge in [-0.3, -0.25) is 14.5 Å². The van der Waals surface area contributed by atoms with E-state index in [1.54, 1.807) is 0 Å². The fourth-order valence-electron chi connectivity index (χ4n) is 2.10. The van der Waals surface area contributed by atoms with Crippen molar-refractivity contribution in [1.29, 1.82) is 0 Å². The van der Waals surface area contributed by atoms with Gasteiger partial charge in [-0.05, 0) is 25.2 Å². The predicted octanol–water partition coefficient (Wildman–Crippen LogP) is 0.944. The summed E-state index contributed by atoms with van der Waals surface area (Å²) in [5.41, 5.74) is 0. The molecular weight excluding hydrogens is 232 g/mol. The summed E-state index contributed by atoms with van der Waals surface area (Å²) >= 11 is 0. The number of rotatable bonds is 7. The average molecular weight is 256 g/mol. The third kappa shape index (κ3) is 4.64. The van der Waals surface area contributed by atoms with Crippen molar-refractivity contribution in [2.75, 3.05) is 19.6 Å². The molecule has 0 bridgehead atoms. The highest BCUT2D eigenvalue weighted by atomic mass is 16.4. The van der Waals surface area contributed by atoms with Crippen LogP contribution in [0.4, 0.5) is 0 Å². The van der Waals surface area contributed by atoms with E-state index in [2.05, 4.69) is 19.2 Å². The Balaban J connectivity index is 2.19. The van der Waals surface area contributed by atoms with Crippen LogP contribution in [0.2, 0.25) is 0 Å². The van der Waals surface area contributed by atoms with Gasteiger partial charge >= 0.3 is 5.97 Å². The Labute approximate surface area is 109 Å². The molecule has 18 heavy (non-hydrogen) atoms. The first-order valence-electron chi connectivity index (χ1n) is 6.63. The molecule has 1 amide bonds. The van der Waals surface area contributed by atoms with Gasteiger partial charge in [-0.15, -0.1) is 0 Å². The minimum Gasteiger partial charge on any atom is -0.481 e. The van der Waals surface area contributed by atoms with Crippen molar-refractivity contribution in [3.05, 3.63) is 0 Å². The van der Waals surface area contributed by atoms with Crippen LogP contribution in [-0.4, -0.2) is 47.6 Å². The standard InChI is InChI=1S/C13H24N2O3/c1-9(2)4-5-14-13(18)10(3)15-7-11(8-15)6-12(16)17/h9-11H,4-8H2,1-3H3,(H,14,18)(H,16,17). The van der Waals surface area contributed by atoms with Crippen LogP contribution in [0.25, 0.3) is 0 Å². The normalized spacial score (nSPS) is 18.4. The van der Waals surface area contributed by atoms with Crippen LogP contribution in [0.3, 0.4) is 0 Å². The van der Waals surface area contributed by atoms with Gasteiger partial charge in [0.05, 0.1) is 12.5 Å². The van der Waals surface area contributed by atoms with Crippen molar-refractivity contribution in [1.82, 2.24) is 10.2 Å². The summed E-state index contributed by atoms with van der Waals surface area (Å²) in [5, 5.41) is 11.6. The third-order valence-corrected chi connectivity index (χ3v) is 3.40. The summed E-state index contributed by atoms with van der Waals surface area (Å²) in [7, 11) is 0. The number of likely N-dealkylation sites (tertiary alicyclic amines) is 1. The molecule has 1 unspecified atom stereocenters. The van der Waals surface area contributed by atoms with Crippen molar-refractivity contribution in [3.8, 4) is 0 Å². The summed E-state index contributed by atoms with van der Waals surface area (Å²) in [6.07, 6.45) is 1.19. The molecule has 5 nitrogen and oxygen atoms in total. The highest BCUT2D eigenvalue weighted by Crippen LogP contribution is 2.21. The number of carboxylic acids is 1. The second-order valence-corrected chi connectivity index (χ2v) is 5.57. The van der Waals surface area contributed by atoms with Crippen LogP contribution in [0.5, 0.6) is 0 Å². The molecule has 2 N–H and O–H groups in total. The molecule has 0 spiro atoms. The zero-order valence-electron chi connectivity index (χ0n) is 11.5. The van der Waals surface area contributed by atoms with E-state index >= 15 is 0 Å². The zero-order chi connectivity index (χ0) is 13.7. The minimum atomic E-state index is -0.756. The lowest BCUT2D eigenvalue weighted by Crippen LogP contribution is -2.56. The first-order chi connectivity index (χ1) is 8.40. The summed E-state index contributed by atoms with van der Waals surface area (Å²) in [6, 6.07) is -0.151. The van der Waals surface area contributed by atoms with Crippen molar-refractivity contribution in [3.63, 3.8) is 0 Å². The Morgan fingerprint density at radius 3 is 2.44 bits per heavy atom. The summed E-state index contributed by atoms with van der Waals surface area (Å²) in [4.78, 5) is 24.4. The second-order valence-electron chi connectivity index (χ2n) is 5.57. The zero-order valence-corrected chi connectivity index (χ0v) is 11.5. The third-order valence-electron chi connectivity index (χ3n) is 3.40. The van der Waals surface area contributed by atoms with Gasteiger partial charge in [0.1, 0.15) is 0 Å². The summed E-state index contributed by atoms with van der Waals surface area (Å²) in [6.45, 7) is 8.27. The Kier molecular flexibility index (Phi) is 5.59. The van der Waals surface area contributed by atoms with E-state index in [1.165, 1.54) is 0 Å². The highest BCUT2D eigenvalue weighted by molar-refractivity contribution is 5.81. The monoisotopic (exact) mass is 256 g/mol. The fourth-order valence-corrected chi connectivity index (χ4v) is 2.10. The van der Waals surface area contributed by atoms with Gasteiger partial charge in [0.2, 0.25) is 5.91 Å². The number of amides is 1. The van der Waals surface area contributed by atoms with E-state index in [0.29, 0.717) is 25.6 Å². The largest absolute Gasteiger partial charge is 0.481 e. The van der Waals surface area contributed by atoms with Crippen LogP contribution < -0.4 is 5.32 Å². The number of carbonyl (C=O) groups excluding carboxylic acids is 1. The maximum absolute atomic E-state index is 11.8. The van der Waals surface area contributed by atoms with Gasteiger partial charge < -0.3 is 10.4 Å². The van der Waals surface area contributed by atoms with Crippen molar-refractivity contribution < 1.29 is 14.7 Å². The molecule has 0 aromatic carbocycles. The van der Waals surface area contributed by atoms with Gasteiger partial charge in [0, 0.05) is 19.6 Å². The molecule has 0 saturated carbocycles.